The normalized spacial score (nSPS) is 16.5. The molecule has 2 amide bonds. The number of aromatic nitrogens is 2. The van der Waals surface area contributed by atoms with E-state index >= 15 is 0 Å². The van der Waals surface area contributed by atoms with Crippen LogP contribution in [0.4, 0.5) is 11.5 Å². The largest absolute Gasteiger partial charge is 0.378 e. The maximum Gasteiger partial charge on any atom is 0.228 e. The smallest absolute Gasteiger partial charge is 0.228 e. The van der Waals surface area contributed by atoms with Gasteiger partial charge in [0.15, 0.2) is 0 Å². The molecule has 36 heavy (non-hydrogen) atoms. The molecule has 2 aliphatic heterocycles. The lowest BCUT2D eigenvalue weighted by atomic mass is 10.0. The van der Waals surface area contributed by atoms with Gasteiger partial charge in [-0.25, -0.2) is 4.68 Å². The van der Waals surface area contributed by atoms with Crippen LogP contribution >= 0.6 is 0 Å². The van der Waals surface area contributed by atoms with Crippen LogP contribution in [0.1, 0.15) is 37.4 Å². The number of nitrogens with zero attached hydrogens (tertiary/aromatic N) is 4. The monoisotopic (exact) mass is 489 g/mol. The summed E-state index contributed by atoms with van der Waals surface area (Å²) in [5.74, 6) is 0.587. The number of benzene rings is 1. The van der Waals surface area contributed by atoms with E-state index in [0.717, 1.165) is 67.6 Å². The lowest BCUT2D eigenvalue weighted by Gasteiger charge is -2.30. The second-order valence-electron chi connectivity index (χ2n) is 9.01. The van der Waals surface area contributed by atoms with Crippen molar-refractivity contribution in [2.75, 3.05) is 43.1 Å². The average Bonchev–Trinajstić information content (AvgIpc) is 3.29. The molecule has 1 aromatic heterocycles. The highest BCUT2D eigenvalue weighted by Crippen LogP contribution is 2.24. The first kappa shape index (κ1) is 25.4. The molecule has 0 radical (unpaired) electrons. The van der Waals surface area contributed by atoms with Crippen molar-refractivity contribution >= 4 is 28.9 Å². The average molecular weight is 490 g/mol. The summed E-state index contributed by atoms with van der Waals surface area (Å²) in [6.45, 7) is 12.6. The van der Waals surface area contributed by atoms with E-state index < -0.39 is 0 Å². The van der Waals surface area contributed by atoms with E-state index in [2.05, 4.69) is 34.0 Å². The van der Waals surface area contributed by atoms with Crippen LogP contribution in [0.25, 0.3) is 5.57 Å². The standard InChI is InChI=1S/C28H35N5O3/c1-4-22(20-25(5-2)31-15-17-36-18-16-31)23-7-9-24(10-8-23)29-26(34)11-12-28(35)32-13-6-14-33-27(32)19-21(3)30-33/h4-5,7-10,19-20H,1,6,11-18H2,2-3H3,(H,29,34)/b22-20+,25-5+. The van der Waals surface area contributed by atoms with E-state index in [0.29, 0.717) is 12.2 Å². The fourth-order valence-corrected chi connectivity index (χ4v) is 4.58. The molecule has 0 atom stereocenters. The lowest BCUT2D eigenvalue weighted by molar-refractivity contribution is -0.122. The molecular weight excluding hydrogens is 454 g/mol. The van der Waals surface area contributed by atoms with E-state index in [4.69, 9.17) is 4.74 Å². The molecule has 1 N–H and O–H groups in total. The Balaban J connectivity index is 1.33. The molecule has 0 spiro atoms. The van der Waals surface area contributed by atoms with Crippen molar-refractivity contribution in [1.29, 1.82) is 0 Å². The third kappa shape index (κ3) is 6.12. The number of ether oxygens (including phenoxy) is 1. The maximum atomic E-state index is 12.8. The summed E-state index contributed by atoms with van der Waals surface area (Å²) in [5.41, 5.74) is 4.76. The van der Waals surface area contributed by atoms with Gasteiger partial charge in [0.2, 0.25) is 11.8 Å². The Kier molecular flexibility index (Phi) is 8.38. The van der Waals surface area contributed by atoms with Crippen molar-refractivity contribution in [2.24, 2.45) is 0 Å². The van der Waals surface area contributed by atoms with Crippen molar-refractivity contribution in [3.8, 4) is 0 Å². The summed E-state index contributed by atoms with van der Waals surface area (Å²) in [6, 6.07) is 9.62. The predicted octanol–water partition coefficient (Wildman–Crippen LogP) is 4.15. The molecule has 2 aliphatic rings. The van der Waals surface area contributed by atoms with Crippen LogP contribution in [0.3, 0.4) is 0 Å². The summed E-state index contributed by atoms with van der Waals surface area (Å²) < 4.78 is 7.33. The summed E-state index contributed by atoms with van der Waals surface area (Å²) in [7, 11) is 0. The minimum absolute atomic E-state index is 0.0536. The number of fused-ring (bicyclic) bond motifs is 1. The molecule has 4 rings (SSSR count). The van der Waals surface area contributed by atoms with E-state index in [1.807, 2.05) is 54.9 Å². The van der Waals surface area contributed by atoms with Gasteiger partial charge in [-0.1, -0.05) is 30.9 Å². The minimum Gasteiger partial charge on any atom is -0.378 e. The number of morpholine rings is 1. The number of amides is 2. The fraction of sp³-hybridized carbons (Fsp3) is 0.393. The van der Waals surface area contributed by atoms with Crippen molar-refractivity contribution < 1.29 is 14.3 Å². The summed E-state index contributed by atoms with van der Waals surface area (Å²) in [5, 5.41) is 7.33. The van der Waals surface area contributed by atoms with Gasteiger partial charge >= 0.3 is 0 Å². The zero-order valence-electron chi connectivity index (χ0n) is 21.2. The van der Waals surface area contributed by atoms with Gasteiger partial charge in [-0.05, 0) is 49.6 Å². The molecule has 8 heteroatoms. The second kappa shape index (κ2) is 11.9. The minimum atomic E-state index is -0.180. The molecular formula is C28H35N5O3. The number of hydrogen-bond acceptors (Lipinski definition) is 5. The van der Waals surface area contributed by atoms with E-state index in [-0.39, 0.29) is 24.7 Å². The van der Waals surface area contributed by atoms with Crippen LogP contribution < -0.4 is 10.2 Å². The van der Waals surface area contributed by atoms with E-state index in [1.165, 1.54) is 0 Å². The third-order valence-corrected chi connectivity index (χ3v) is 6.47. The Morgan fingerprint density at radius 2 is 1.86 bits per heavy atom. The van der Waals surface area contributed by atoms with Gasteiger partial charge in [-0.2, -0.15) is 5.10 Å². The first-order valence-corrected chi connectivity index (χ1v) is 12.6. The number of aryl methyl sites for hydroxylation is 2. The Morgan fingerprint density at radius 3 is 2.56 bits per heavy atom. The van der Waals surface area contributed by atoms with Gasteiger partial charge in [0, 0.05) is 56.5 Å². The summed E-state index contributed by atoms with van der Waals surface area (Å²) >= 11 is 0. The number of carbonyl (C=O) groups is 2. The number of anilines is 2. The summed E-state index contributed by atoms with van der Waals surface area (Å²) in [4.78, 5) is 29.4. The highest BCUT2D eigenvalue weighted by Gasteiger charge is 2.24. The number of hydrogen-bond donors (Lipinski definition) is 1. The molecule has 2 aromatic rings. The zero-order valence-corrected chi connectivity index (χ0v) is 21.2. The zero-order chi connectivity index (χ0) is 25.5. The van der Waals surface area contributed by atoms with Gasteiger partial charge in [0.05, 0.1) is 18.9 Å². The Labute approximate surface area is 212 Å². The Bertz CT molecular complexity index is 1160. The van der Waals surface area contributed by atoms with Crippen molar-refractivity contribution in [3.63, 3.8) is 0 Å². The van der Waals surface area contributed by atoms with Crippen molar-refractivity contribution in [1.82, 2.24) is 14.7 Å². The van der Waals surface area contributed by atoms with E-state index in [9.17, 15) is 9.59 Å². The van der Waals surface area contributed by atoms with Gasteiger partial charge in [0.1, 0.15) is 5.82 Å². The summed E-state index contributed by atoms with van der Waals surface area (Å²) in [6.07, 6.45) is 7.23. The first-order chi connectivity index (χ1) is 17.5. The van der Waals surface area contributed by atoms with Crippen LogP contribution in [-0.2, 0) is 20.9 Å². The number of nitrogens with one attached hydrogen (secondary N) is 1. The molecule has 8 nitrogen and oxygen atoms in total. The van der Waals surface area contributed by atoms with Gasteiger partial charge in [0.25, 0.3) is 0 Å². The topological polar surface area (TPSA) is 79.7 Å². The highest BCUT2D eigenvalue weighted by atomic mass is 16.5. The van der Waals surface area contributed by atoms with E-state index in [1.54, 1.807) is 4.90 Å². The highest BCUT2D eigenvalue weighted by molar-refractivity contribution is 5.98. The number of rotatable bonds is 8. The van der Waals surface area contributed by atoms with Crippen LogP contribution in [0.5, 0.6) is 0 Å². The van der Waals surface area contributed by atoms with Gasteiger partial charge < -0.3 is 15.0 Å². The van der Waals surface area contributed by atoms with Crippen LogP contribution in [0, 0.1) is 6.92 Å². The molecule has 0 aliphatic carbocycles. The molecule has 1 fully saturated rings. The molecule has 3 heterocycles. The molecule has 1 aromatic carbocycles. The number of carbonyl (C=O) groups excluding carboxylic acids is 2. The predicted molar refractivity (Wildman–Crippen MR) is 143 cm³/mol. The molecule has 190 valence electrons. The third-order valence-electron chi connectivity index (χ3n) is 6.47. The van der Waals surface area contributed by atoms with Crippen LogP contribution in [-0.4, -0.2) is 59.3 Å². The molecule has 0 saturated carbocycles. The molecule has 0 unspecified atom stereocenters. The SMILES string of the molecule is C=C/C(=C\C(=C/C)N1CCOCC1)c1ccc(NC(=O)CCC(=O)N2CCCn3nc(C)cc32)cc1. The Hall–Kier alpha value is -3.65. The van der Waals surface area contributed by atoms with Crippen LogP contribution in [0.2, 0.25) is 0 Å². The fourth-order valence-electron chi connectivity index (χ4n) is 4.58. The lowest BCUT2D eigenvalue weighted by Crippen LogP contribution is -2.37. The number of allylic oxidation sites excluding steroid dienone is 4. The quantitative estimate of drug-likeness (QED) is 0.564. The van der Waals surface area contributed by atoms with Crippen LogP contribution in [0.15, 0.2) is 60.8 Å². The molecule has 0 bridgehead atoms. The maximum absolute atomic E-state index is 12.8. The first-order valence-electron chi connectivity index (χ1n) is 12.6. The Morgan fingerprint density at radius 1 is 1.11 bits per heavy atom. The molecule has 1 saturated heterocycles. The van der Waals surface area contributed by atoms with Crippen molar-refractivity contribution in [2.45, 2.75) is 39.7 Å². The van der Waals surface area contributed by atoms with Crippen molar-refractivity contribution in [3.05, 3.63) is 72.1 Å². The van der Waals surface area contributed by atoms with Gasteiger partial charge in [-0.3, -0.25) is 14.5 Å². The van der Waals surface area contributed by atoms with Gasteiger partial charge in [-0.15, -0.1) is 0 Å². The second-order valence-corrected chi connectivity index (χ2v) is 9.01.